The molecule has 0 aromatic rings. The van der Waals surface area contributed by atoms with Crippen LogP contribution in [0.5, 0.6) is 0 Å². The number of rotatable bonds is 13. The zero-order chi connectivity index (χ0) is 21.0. The zero-order valence-electron chi connectivity index (χ0n) is 16.1. The average Bonchev–Trinajstić information content (AvgIpc) is 2.56. The van der Waals surface area contributed by atoms with Gasteiger partial charge in [0, 0.05) is 37.1 Å². The van der Waals surface area contributed by atoms with Gasteiger partial charge in [0.1, 0.15) is 6.10 Å². The third-order valence-electron chi connectivity index (χ3n) is 3.75. The minimum atomic E-state index is -1.38. The Morgan fingerprint density at radius 3 is 2.26 bits per heavy atom. The Kier molecular flexibility index (Phi) is 12.5. The fraction of sp³-hybridized carbons (Fsp3) is 0.824. The van der Waals surface area contributed by atoms with E-state index in [-0.39, 0.29) is 50.0 Å². The number of carbonyl (C=O) groups excluding carboxylic acids is 3. The molecule has 0 radical (unpaired) electrons. The van der Waals surface area contributed by atoms with E-state index in [1.165, 1.54) is 6.92 Å². The Bertz CT molecular complexity index is 486. The second kappa shape index (κ2) is 13.1. The lowest BCUT2D eigenvalue weighted by molar-refractivity contribution is -0.137. The van der Waals surface area contributed by atoms with Crippen LogP contribution in [0.4, 0.5) is 0 Å². The van der Waals surface area contributed by atoms with Gasteiger partial charge < -0.3 is 31.1 Å². The van der Waals surface area contributed by atoms with Crippen molar-refractivity contribution in [2.45, 2.75) is 58.3 Å². The summed E-state index contributed by atoms with van der Waals surface area (Å²) in [5.41, 5.74) is -0.973. The van der Waals surface area contributed by atoms with Crippen LogP contribution >= 0.6 is 11.8 Å². The van der Waals surface area contributed by atoms with Crippen LogP contribution in [0, 0.1) is 5.41 Å². The molecule has 27 heavy (non-hydrogen) atoms. The smallest absolute Gasteiger partial charge is 0.249 e. The van der Waals surface area contributed by atoms with Crippen molar-refractivity contribution in [3.8, 4) is 0 Å². The second-order valence-electron chi connectivity index (χ2n) is 7.10. The highest BCUT2D eigenvalue weighted by atomic mass is 32.2. The molecule has 6 N–H and O–H groups in total. The number of aliphatic hydroxyl groups excluding tert-OH is 4. The summed E-state index contributed by atoms with van der Waals surface area (Å²) in [6, 6.07) is 0. The van der Waals surface area contributed by atoms with Gasteiger partial charge >= 0.3 is 0 Å². The van der Waals surface area contributed by atoms with E-state index >= 15 is 0 Å². The highest BCUT2D eigenvalue weighted by Crippen LogP contribution is 2.19. The summed E-state index contributed by atoms with van der Waals surface area (Å²) >= 11 is 0.990. The van der Waals surface area contributed by atoms with Crippen molar-refractivity contribution in [2.75, 3.05) is 25.4 Å². The SMILES string of the molecule is C[C@@H](O)C[C@@H](O)CC(=O)SCCNC(=O)CCNC(=O)[C@H](O)C(C)(C)CO. The lowest BCUT2D eigenvalue weighted by Gasteiger charge is -2.27. The van der Waals surface area contributed by atoms with E-state index in [0.717, 1.165) is 11.8 Å². The van der Waals surface area contributed by atoms with Gasteiger partial charge in [-0.05, 0) is 13.3 Å². The van der Waals surface area contributed by atoms with Gasteiger partial charge in [0.15, 0.2) is 5.12 Å². The maximum absolute atomic E-state index is 11.7. The minimum Gasteiger partial charge on any atom is -0.396 e. The summed E-state index contributed by atoms with van der Waals surface area (Å²) in [4.78, 5) is 35.0. The maximum Gasteiger partial charge on any atom is 0.249 e. The molecule has 0 spiro atoms. The Labute approximate surface area is 163 Å². The summed E-state index contributed by atoms with van der Waals surface area (Å²) in [7, 11) is 0. The Hall–Kier alpha value is -1.20. The third kappa shape index (κ3) is 12.0. The summed E-state index contributed by atoms with van der Waals surface area (Å²) in [5.74, 6) is -0.617. The summed E-state index contributed by atoms with van der Waals surface area (Å²) in [6.07, 6.45) is -2.83. The van der Waals surface area contributed by atoms with Crippen molar-refractivity contribution >= 4 is 28.7 Å². The summed E-state index contributed by atoms with van der Waals surface area (Å²) in [6.45, 7) is 4.58. The van der Waals surface area contributed by atoms with Gasteiger partial charge in [-0.2, -0.15) is 0 Å². The van der Waals surface area contributed by atoms with Crippen LogP contribution in [0.2, 0.25) is 0 Å². The molecular formula is C17H32N2O7S. The summed E-state index contributed by atoms with van der Waals surface area (Å²) < 4.78 is 0. The molecule has 3 atom stereocenters. The molecule has 0 heterocycles. The Balaban J connectivity index is 3.87. The van der Waals surface area contributed by atoms with Gasteiger partial charge in [0.2, 0.25) is 11.8 Å². The predicted molar refractivity (Wildman–Crippen MR) is 102 cm³/mol. The second-order valence-corrected chi connectivity index (χ2v) is 8.26. The minimum absolute atomic E-state index is 0.0176. The van der Waals surface area contributed by atoms with Crippen molar-refractivity contribution < 1.29 is 34.8 Å². The van der Waals surface area contributed by atoms with Crippen molar-refractivity contribution in [1.29, 1.82) is 0 Å². The number of thioether (sulfide) groups is 1. The standard InChI is InChI=1S/C17H32N2O7S/c1-11(21)8-12(22)9-14(24)27-7-6-18-13(23)4-5-19-16(26)15(25)17(2,3)10-20/h11-12,15,20-22,25H,4-10H2,1-3H3,(H,18,23)(H,19,26)/t11-,12-,15+/m1/s1. The molecule has 158 valence electrons. The fourth-order valence-corrected chi connectivity index (χ4v) is 2.75. The molecule has 2 amide bonds. The molecule has 0 rings (SSSR count). The molecule has 0 unspecified atom stereocenters. The predicted octanol–water partition coefficient (Wildman–Crippen LogP) is -1.23. The molecule has 0 aliphatic heterocycles. The van der Waals surface area contributed by atoms with Crippen molar-refractivity contribution in [3.05, 3.63) is 0 Å². The van der Waals surface area contributed by atoms with Crippen LogP contribution < -0.4 is 10.6 Å². The van der Waals surface area contributed by atoms with E-state index in [9.17, 15) is 24.6 Å². The number of hydrogen-bond acceptors (Lipinski definition) is 8. The van der Waals surface area contributed by atoms with E-state index in [1.807, 2.05) is 0 Å². The van der Waals surface area contributed by atoms with Gasteiger partial charge in [-0.3, -0.25) is 14.4 Å². The molecule has 0 saturated carbocycles. The number of hydrogen-bond donors (Lipinski definition) is 6. The molecule has 0 aromatic carbocycles. The van der Waals surface area contributed by atoms with Crippen molar-refractivity contribution in [1.82, 2.24) is 10.6 Å². The molecular weight excluding hydrogens is 376 g/mol. The van der Waals surface area contributed by atoms with Gasteiger partial charge in [-0.15, -0.1) is 0 Å². The van der Waals surface area contributed by atoms with Crippen molar-refractivity contribution in [2.24, 2.45) is 5.41 Å². The first-order chi connectivity index (χ1) is 12.5. The number of nitrogens with one attached hydrogen (secondary N) is 2. The Morgan fingerprint density at radius 2 is 1.70 bits per heavy atom. The molecule has 0 aliphatic rings. The third-order valence-corrected chi connectivity index (χ3v) is 4.65. The number of carbonyl (C=O) groups is 3. The quantitative estimate of drug-likeness (QED) is 0.207. The normalized spacial score (nSPS) is 14.9. The van der Waals surface area contributed by atoms with Crippen molar-refractivity contribution in [3.63, 3.8) is 0 Å². The largest absolute Gasteiger partial charge is 0.396 e. The monoisotopic (exact) mass is 408 g/mol. The molecule has 0 bridgehead atoms. The molecule has 0 saturated heterocycles. The summed E-state index contributed by atoms with van der Waals surface area (Å²) in [5, 5.41) is 42.4. The first-order valence-corrected chi connectivity index (χ1v) is 9.83. The highest BCUT2D eigenvalue weighted by molar-refractivity contribution is 8.13. The highest BCUT2D eigenvalue weighted by Gasteiger charge is 2.32. The van der Waals surface area contributed by atoms with E-state index in [4.69, 9.17) is 10.2 Å². The molecule has 10 heteroatoms. The van der Waals surface area contributed by atoms with Gasteiger partial charge in [-0.25, -0.2) is 0 Å². The van der Waals surface area contributed by atoms with Crippen LogP contribution in [0.15, 0.2) is 0 Å². The van der Waals surface area contributed by atoms with Crippen LogP contribution in [-0.2, 0) is 14.4 Å². The lowest BCUT2D eigenvalue weighted by atomic mass is 9.87. The van der Waals surface area contributed by atoms with Gasteiger partial charge in [-0.1, -0.05) is 25.6 Å². The average molecular weight is 409 g/mol. The topological polar surface area (TPSA) is 156 Å². The maximum atomic E-state index is 11.7. The van der Waals surface area contributed by atoms with E-state index in [1.54, 1.807) is 13.8 Å². The Morgan fingerprint density at radius 1 is 1.07 bits per heavy atom. The van der Waals surface area contributed by atoms with Crippen LogP contribution in [0.1, 0.15) is 40.0 Å². The lowest BCUT2D eigenvalue weighted by Crippen LogP contribution is -2.46. The molecule has 9 nitrogen and oxygen atoms in total. The van der Waals surface area contributed by atoms with Crippen LogP contribution in [0.25, 0.3) is 0 Å². The van der Waals surface area contributed by atoms with Crippen LogP contribution in [-0.4, -0.2) is 81.1 Å². The first kappa shape index (κ1) is 25.8. The number of aliphatic hydroxyl groups is 4. The fourth-order valence-electron chi connectivity index (χ4n) is 2.01. The molecule has 0 aromatic heterocycles. The van der Waals surface area contributed by atoms with E-state index in [2.05, 4.69) is 10.6 Å². The van der Waals surface area contributed by atoms with E-state index in [0.29, 0.717) is 5.75 Å². The molecule has 0 fully saturated rings. The van der Waals surface area contributed by atoms with Gasteiger partial charge in [0.05, 0.1) is 18.8 Å². The molecule has 0 aliphatic carbocycles. The zero-order valence-corrected chi connectivity index (χ0v) is 16.9. The first-order valence-electron chi connectivity index (χ1n) is 8.84. The number of amides is 2. The van der Waals surface area contributed by atoms with Crippen LogP contribution in [0.3, 0.4) is 0 Å². The van der Waals surface area contributed by atoms with E-state index < -0.39 is 29.6 Å². The van der Waals surface area contributed by atoms with Gasteiger partial charge in [0.25, 0.3) is 0 Å².